The minimum Gasteiger partial charge on any atom is -0.372 e. The molecule has 23 heavy (non-hydrogen) atoms. The molecular formula is C20H20N2O. The zero-order valence-corrected chi connectivity index (χ0v) is 13.0. The number of fused-ring (bicyclic) bond motifs is 1. The summed E-state index contributed by atoms with van der Waals surface area (Å²) in [5.41, 5.74) is 3.73. The van der Waals surface area contributed by atoms with Crippen molar-refractivity contribution in [1.82, 2.24) is 10.3 Å². The van der Waals surface area contributed by atoms with Crippen molar-refractivity contribution in [2.24, 2.45) is 0 Å². The standard InChI is InChI=1S/C20H20N2O/c1-2-6-18(16(4-1)14-23-17-8-10-22-13-17)20-7-3-5-15-12-21-11-9-19(15)20/h1-7,9,11-12,17,22H,8,10,13-14H2/t17-/m0/s1. The van der Waals surface area contributed by atoms with E-state index >= 15 is 0 Å². The first-order valence-corrected chi connectivity index (χ1v) is 8.15. The third-order valence-corrected chi connectivity index (χ3v) is 4.48. The summed E-state index contributed by atoms with van der Waals surface area (Å²) >= 11 is 0. The topological polar surface area (TPSA) is 34.1 Å². The first-order chi connectivity index (χ1) is 11.4. The van der Waals surface area contributed by atoms with Gasteiger partial charge in [0, 0.05) is 24.3 Å². The second-order valence-corrected chi connectivity index (χ2v) is 5.99. The van der Waals surface area contributed by atoms with Crippen LogP contribution in [0.15, 0.2) is 60.9 Å². The quantitative estimate of drug-likeness (QED) is 0.796. The molecule has 116 valence electrons. The first kappa shape index (κ1) is 14.4. The fraction of sp³-hybridized carbons (Fsp3) is 0.250. The average molecular weight is 304 g/mol. The number of ether oxygens (including phenoxy) is 1. The van der Waals surface area contributed by atoms with E-state index in [1.807, 2.05) is 12.4 Å². The van der Waals surface area contributed by atoms with Gasteiger partial charge in [-0.25, -0.2) is 0 Å². The SMILES string of the molecule is c1ccc(-c2cccc3cnccc23)c(CO[C@H]2CCNC2)c1. The normalized spacial score (nSPS) is 17.7. The zero-order valence-electron chi connectivity index (χ0n) is 13.0. The van der Waals surface area contributed by atoms with Crippen LogP contribution < -0.4 is 5.32 Å². The number of nitrogens with one attached hydrogen (secondary N) is 1. The van der Waals surface area contributed by atoms with Crippen LogP contribution in [0.25, 0.3) is 21.9 Å². The third kappa shape index (κ3) is 2.98. The second-order valence-electron chi connectivity index (χ2n) is 5.99. The van der Waals surface area contributed by atoms with Crippen LogP contribution in [0.4, 0.5) is 0 Å². The molecule has 3 nitrogen and oxygen atoms in total. The number of benzene rings is 2. The van der Waals surface area contributed by atoms with Gasteiger partial charge < -0.3 is 10.1 Å². The lowest BCUT2D eigenvalue weighted by atomic mass is 9.96. The van der Waals surface area contributed by atoms with Crippen molar-refractivity contribution in [1.29, 1.82) is 0 Å². The fourth-order valence-electron chi connectivity index (χ4n) is 3.24. The van der Waals surface area contributed by atoms with Gasteiger partial charge in [-0.2, -0.15) is 0 Å². The highest BCUT2D eigenvalue weighted by molar-refractivity contribution is 5.96. The maximum Gasteiger partial charge on any atom is 0.0727 e. The van der Waals surface area contributed by atoms with Crippen LogP contribution in [0.2, 0.25) is 0 Å². The number of hydrogen-bond acceptors (Lipinski definition) is 3. The Morgan fingerprint density at radius 2 is 1.96 bits per heavy atom. The van der Waals surface area contributed by atoms with Crippen molar-refractivity contribution < 1.29 is 4.74 Å². The molecule has 0 spiro atoms. The van der Waals surface area contributed by atoms with Crippen molar-refractivity contribution in [3.63, 3.8) is 0 Å². The van der Waals surface area contributed by atoms with E-state index in [-0.39, 0.29) is 0 Å². The summed E-state index contributed by atoms with van der Waals surface area (Å²) in [6, 6.07) is 17.0. The Morgan fingerprint density at radius 1 is 1.04 bits per heavy atom. The highest BCUT2D eigenvalue weighted by atomic mass is 16.5. The van der Waals surface area contributed by atoms with E-state index in [1.54, 1.807) is 0 Å². The highest BCUT2D eigenvalue weighted by Crippen LogP contribution is 2.31. The molecule has 1 aliphatic heterocycles. The molecule has 1 N–H and O–H groups in total. The number of aromatic nitrogens is 1. The van der Waals surface area contributed by atoms with Crippen molar-refractivity contribution >= 4 is 10.8 Å². The molecule has 1 atom stereocenters. The number of pyridine rings is 1. The first-order valence-electron chi connectivity index (χ1n) is 8.15. The van der Waals surface area contributed by atoms with Gasteiger partial charge in [0.2, 0.25) is 0 Å². The smallest absolute Gasteiger partial charge is 0.0727 e. The number of hydrogen-bond donors (Lipinski definition) is 1. The Bertz CT molecular complexity index is 804. The van der Waals surface area contributed by atoms with Gasteiger partial charge in [0.15, 0.2) is 0 Å². The maximum absolute atomic E-state index is 6.09. The van der Waals surface area contributed by atoms with Crippen LogP contribution in [0, 0.1) is 0 Å². The summed E-state index contributed by atoms with van der Waals surface area (Å²) in [7, 11) is 0. The molecule has 0 radical (unpaired) electrons. The predicted octanol–water partition coefficient (Wildman–Crippen LogP) is 3.78. The second kappa shape index (κ2) is 6.49. The molecule has 1 fully saturated rings. The molecule has 0 amide bonds. The lowest BCUT2D eigenvalue weighted by molar-refractivity contribution is 0.0545. The van der Waals surface area contributed by atoms with Crippen LogP contribution in [-0.4, -0.2) is 24.2 Å². The summed E-state index contributed by atoms with van der Waals surface area (Å²) in [5, 5.41) is 5.75. The Kier molecular flexibility index (Phi) is 4.05. The van der Waals surface area contributed by atoms with E-state index in [1.165, 1.54) is 27.5 Å². The number of nitrogens with zero attached hydrogens (tertiary/aromatic N) is 1. The van der Waals surface area contributed by atoms with E-state index in [9.17, 15) is 0 Å². The summed E-state index contributed by atoms with van der Waals surface area (Å²) < 4.78 is 6.09. The van der Waals surface area contributed by atoms with Crippen LogP contribution in [0.5, 0.6) is 0 Å². The molecule has 2 heterocycles. The maximum atomic E-state index is 6.09. The van der Waals surface area contributed by atoms with Crippen LogP contribution in [0.3, 0.4) is 0 Å². The molecule has 1 aliphatic rings. The van der Waals surface area contributed by atoms with Crippen molar-refractivity contribution in [3.8, 4) is 11.1 Å². The van der Waals surface area contributed by atoms with Gasteiger partial charge in [-0.3, -0.25) is 4.98 Å². The molecule has 3 heteroatoms. The van der Waals surface area contributed by atoms with Gasteiger partial charge in [0.1, 0.15) is 0 Å². The molecule has 4 rings (SSSR count). The largest absolute Gasteiger partial charge is 0.372 e. The minimum absolute atomic E-state index is 0.333. The van der Waals surface area contributed by atoms with Crippen LogP contribution in [-0.2, 0) is 11.3 Å². The van der Waals surface area contributed by atoms with E-state index in [4.69, 9.17) is 4.74 Å². The molecule has 3 aromatic rings. The van der Waals surface area contributed by atoms with Gasteiger partial charge in [-0.15, -0.1) is 0 Å². The molecule has 0 unspecified atom stereocenters. The minimum atomic E-state index is 0.333. The molecular weight excluding hydrogens is 284 g/mol. The summed E-state index contributed by atoms with van der Waals surface area (Å²) in [6.45, 7) is 2.68. The van der Waals surface area contributed by atoms with Crippen molar-refractivity contribution in [2.75, 3.05) is 13.1 Å². The van der Waals surface area contributed by atoms with Gasteiger partial charge in [0.05, 0.1) is 12.7 Å². The van der Waals surface area contributed by atoms with Gasteiger partial charge in [0.25, 0.3) is 0 Å². The summed E-state index contributed by atoms with van der Waals surface area (Å²) in [4.78, 5) is 4.23. The van der Waals surface area contributed by atoms with Crippen LogP contribution in [0.1, 0.15) is 12.0 Å². The Labute approximate surface area is 136 Å². The Hall–Kier alpha value is -2.23. The lowest BCUT2D eigenvalue weighted by Crippen LogP contribution is -2.16. The number of rotatable bonds is 4. The van der Waals surface area contributed by atoms with E-state index in [2.05, 4.69) is 58.8 Å². The highest BCUT2D eigenvalue weighted by Gasteiger charge is 2.16. The molecule has 1 aromatic heterocycles. The molecule has 2 aromatic carbocycles. The summed E-state index contributed by atoms with van der Waals surface area (Å²) in [5.74, 6) is 0. The molecule has 0 bridgehead atoms. The third-order valence-electron chi connectivity index (χ3n) is 4.48. The Morgan fingerprint density at radius 3 is 2.87 bits per heavy atom. The predicted molar refractivity (Wildman–Crippen MR) is 93.2 cm³/mol. The fourth-order valence-corrected chi connectivity index (χ4v) is 3.24. The lowest BCUT2D eigenvalue weighted by Gasteiger charge is -2.15. The van der Waals surface area contributed by atoms with E-state index in [0.717, 1.165) is 19.5 Å². The summed E-state index contributed by atoms with van der Waals surface area (Å²) in [6.07, 6.45) is 5.21. The van der Waals surface area contributed by atoms with E-state index < -0.39 is 0 Å². The van der Waals surface area contributed by atoms with Gasteiger partial charge >= 0.3 is 0 Å². The molecule has 0 aliphatic carbocycles. The average Bonchev–Trinajstić information content (AvgIpc) is 3.13. The van der Waals surface area contributed by atoms with E-state index in [0.29, 0.717) is 12.7 Å². The monoisotopic (exact) mass is 304 g/mol. The van der Waals surface area contributed by atoms with Gasteiger partial charge in [-0.05, 0) is 41.1 Å². The zero-order chi connectivity index (χ0) is 15.5. The van der Waals surface area contributed by atoms with Crippen molar-refractivity contribution in [2.45, 2.75) is 19.1 Å². The molecule has 1 saturated heterocycles. The van der Waals surface area contributed by atoms with Gasteiger partial charge in [-0.1, -0.05) is 42.5 Å². The van der Waals surface area contributed by atoms with Crippen molar-refractivity contribution in [3.05, 3.63) is 66.5 Å². The van der Waals surface area contributed by atoms with Crippen LogP contribution >= 0.6 is 0 Å². The molecule has 0 saturated carbocycles. The Balaban J connectivity index is 1.70.